The lowest BCUT2D eigenvalue weighted by Crippen LogP contribution is -2.52. The van der Waals surface area contributed by atoms with Crippen LogP contribution in [-0.2, 0) is 4.79 Å². The van der Waals surface area contributed by atoms with Gasteiger partial charge in [0.25, 0.3) is 5.91 Å². The Kier molecular flexibility index (Phi) is 6.97. The molecule has 0 bridgehead atoms. The summed E-state index contributed by atoms with van der Waals surface area (Å²) in [7, 11) is 1.65. The zero-order valence-corrected chi connectivity index (χ0v) is 18.5. The number of methoxy groups -OCH3 is 1. The van der Waals surface area contributed by atoms with E-state index in [-0.39, 0.29) is 11.9 Å². The minimum Gasteiger partial charge on any atom is -0.497 e. The van der Waals surface area contributed by atoms with Crippen molar-refractivity contribution >= 4 is 11.9 Å². The Morgan fingerprint density at radius 2 is 1.52 bits per heavy atom. The van der Waals surface area contributed by atoms with E-state index < -0.39 is 5.54 Å². The molecule has 3 aliphatic rings. The van der Waals surface area contributed by atoms with Gasteiger partial charge in [0.2, 0.25) is 0 Å². The smallest absolute Gasteiger partial charge is 0.326 e. The van der Waals surface area contributed by atoms with Gasteiger partial charge in [-0.25, -0.2) is 9.69 Å². The molecule has 2 aliphatic heterocycles. The SMILES string of the molecule is COc1ccc(OCCN2CCN(CN3C(=O)NC4(CCCCCC4)C3=O)CC2)cc1. The fraction of sp³-hybridized carbons (Fsp3) is 0.652. The van der Waals surface area contributed by atoms with Crippen LogP contribution in [0.1, 0.15) is 38.5 Å². The molecule has 4 rings (SSSR count). The predicted molar refractivity (Wildman–Crippen MR) is 117 cm³/mol. The number of amides is 3. The van der Waals surface area contributed by atoms with Crippen LogP contribution in [0.15, 0.2) is 24.3 Å². The number of nitrogens with zero attached hydrogens (tertiary/aromatic N) is 3. The van der Waals surface area contributed by atoms with Gasteiger partial charge in [-0.2, -0.15) is 0 Å². The molecule has 170 valence electrons. The molecule has 1 saturated carbocycles. The molecule has 0 unspecified atom stereocenters. The summed E-state index contributed by atoms with van der Waals surface area (Å²) in [4.78, 5) is 31.6. The van der Waals surface area contributed by atoms with E-state index in [2.05, 4.69) is 15.1 Å². The van der Waals surface area contributed by atoms with E-state index in [0.717, 1.165) is 82.7 Å². The number of carbonyl (C=O) groups excluding carboxylic acids is 2. The van der Waals surface area contributed by atoms with Crippen LogP contribution in [0, 0.1) is 0 Å². The third-order valence-corrected chi connectivity index (χ3v) is 6.75. The number of ether oxygens (including phenoxy) is 2. The van der Waals surface area contributed by atoms with Crippen molar-refractivity contribution in [2.75, 3.05) is 53.1 Å². The summed E-state index contributed by atoms with van der Waals surface area (Å²) in [6, 6.07) is 7.39. The number of urea groups is 1. The largest absolute Gasteiger partial charge is 0.497 e. The van der Waals surface area contributed by atoms with Crippen LogP contribution in [-0.4, -0.2) is 85.3 Å². The molecule has 2 heterocycles. The van der Waals surface area contributed by atoms with Gasteiger partial charge in [-0.05, 0) is 37.1 Å². The lowest BCUT2D eigenvalue weighted by molar-refractivity contribution is -0.133. The third kappa shape index (κ3) is 5.13. The monoisotopic (exact) mass is 430 g/mol. The molecule has 0 aromatic heterocycles. The predicted octanol–water partition coefficient (Wildman–Crippen LogP) is 2.29. The van der Waals surface area contributed by atoms with E-state index in [1.54, 1.807) is 7.11 Å². The fourth-order valence-corrected chi connectivity index (χ4v) is 4.79. The molecule has 3 amide bonds. The number of imide groups is 1. The van der Waals surface area contributed by atoms with E-state index in [1.165, 1.54) is 4.90 Å². The average molecular weight is 431 g/mol. The molecule has 2 saturated heterocycles. The van der Waals surface area contributed by atoms with Gasteiger partial charge in [0.05, 0.1) is 13.8 Å². The second-order valence-corrected chi connectivity index (χ2v) is 8.78. The third-order valence-electron chi connectivity index (χ3n) is 6.75. The highest BCUT2D eigenvalue weighted by molar-refractivity contribution is 6.07. The summed E-state index contributed by atoms with van der Waals surface area (Å²) in [5.74, 6) is 1.64. The highest BCUT2D eigenvalue weighted by Crippen LogP contribution is 2.32. The lowest BCUT2D eigenvalue weighted by Gasteiger charge is -2.36. The highest BCUT2D eigenvalue weighted by Gasteiger charge is 2.50. The van der Waals surface area contributed by atoms with Gasteiger partial charge >= 0.3 is 6.03 Å². The molecule has 1 aromatic rings. The van der Waals surface area contributed by atoms with Gasteiger partial charge in [-0.1, -0.05) is 25.7 Å². The van der Waals surface area contributed by atoms with Crippen molar-refractivity contribution in [3.05, 3.63) is 24.3 Å². The van der Waals surface area contributed by atoms with Crippen molar-refractivity contribution in [1.82, 2.24) is 20.0 Å². The lowest BCUT2D eigenvalue weighted by atomic mass is 9.90. The van der Waals surface area contributed by atoms with Crippen molar-refractivity contribution < 1.29 is 19.1 Å². The Morgan fingerprint density at radius 1 is 0.903 bits per heavy atom. The second kappa shape index (κ2) is 9.87. The summed E-state index contributed by atoms with van der Waals surface area (Å²) in [6.45, 7) is 5.36. The summed E-state index contributed by atoms with van der Waals surface area (Å²) in [5.41, 5.74) is -0.645. The molecule has 8 heteroatoms. The number of benzene rings is 1. The maximum Gasteiger partial charge on any atom is 0.326 e. The van der Waals surface area contributed by atoms with E-state index in [9.17, 15) is 9.59 Å². The summed E-state index contributed by atoms with van der Waals surface area (Å²) in [6.07, 6.45) is 5.87. The average Bonchev–Trinajstić information content (AvgIpc) is 2.94. The van der Waals surface area contributed by atoms with Crippen molar-refractivity contribution in [2.45, 2.75) is 44.1 Å². The van der Waals surface area contributed by atoms with Gasteiger partial charge < -0.3 is 14.8 Å². The van der Waals surface area contributed by atoms with E-state index in [0.29, 0.717) is 13.3 Å². The van der Waals surface area contributed by atoms with Crippen molar-refractivity contribution in [2.24, 2.45) is 0 Å². The molecule has 3 fully saturated rings. The van der Waals surface area contributed by atoms with Crippen LogP contribution < -0.4 is 14.8 Å². The molecule has 1 aliphatic carbocycles. The number of rotatable bonds is 7. The molecule has 1 spiro atoms. The van der Waals surface area contributed by atoms with Gasteiger partial charge in [0, 0.05) is 32.7 Å². The van der Waals surface area contributed by atoms with Crippen LogP contribution >= 0.6 is 0 Å². The van der Waals surface area contributed by atoms with E-state index >= 15 is 0 Å². The Morgan fingerprint density at radius 3 is 2.16 bits per heavy atom. The Bertz CT molecular complexity index is 753. The van der Waals surface area contributed by atoms with Crippen LogP contribution in [0.5, 0.6) is 11.5 Å². The molecule has 8 nitrogen and oxygen atoms in total. The molecule has 1 N–H and O–H groups in total. The van der Waals surface area contributed by atoms with Crippen molar-refractivity contribution in [3.63, 3.8) is 0 Å². The number of nitrogens with one attached hydrogen (secondary N) is 1. The zero-order chi connectivity index (χ0) is 21.7. The van der Waals surface area contributed by atoms with Crippen molar-refractivity contribution in [1.29, 1.82) is 0 Å². The Balaban J connectivity index is 1.20. The number of piperazine rings is 1. The highest BCUT2D eigenvalue weighted by atomic mass is 16.5. The van der Waals surface area contributed by atoms with Crippen LogP contribution in [0.2, 0.25) is 0 Å². The summed E-state index contributed by atoms with van der Waals surface area (Å²) >= 11 is 0. The fourth-order valence-electron chi connectivity index (χ4n) is 4.79. The van der Waals surface area contributed by atoms with Gasteiger partial charge in [0.15, 0.2) is 0 Å². The number of hydrogen-bond donors (Lipinski definition) is 1. The second-order valence-electron chi connectivity index (χ2n) is 8.78. The maximum absolute atomic E-state index is 13.1. The Hall–Kier alpha value is -2.32. The minimum atomic E-state index is -0.645. The minimum absolute atomic E-state index is 0.0188. The first-order valence-corrected chi connectivity index (χ1v) is 11.5. The van der Waals surface area contributed by atoms with E-state index in [1.807, 2.05) is 24.3 Å². The first-order chi connectivity index (χ1) is 15.1. The van der Waals surface area contributed by atoms with Crippen LogP contribution in [0.4, 0.5) is 4.79 Å². The van der Waals surface area contributed by atoms with Crippen LogP contribution in [0.25, 0.3) is 0 Å². The maximum atomic E-state index is 13.1. The number of hydrogen-bond acceptors (Lipinski definition) is 6. The van der Waals surface area contributed by atoms with Gasteiger partial charge in [0.1, 0.15) is 23.6 Å². The summed E-state index contributed by atoms with van der Waals surface area (Å²) < 4.78 is 11.0. The van der Waals surface area contributed by atoms with Crippen molar-refractivity contribution in [3.8, 4) is 11.5 Å². The number of carbonyl (C=O) groups is 2. The standard InChI is InChI=1S/C23H34N4O4/c1-30-19-6-8-20(9-7-19)31-17-16-25-12-14-26(15-13-25)18-27-21(28)23(24-22(27)29)10-4-2-3-5-11-23/h6-9H,2-5,10-18H2,1H3,(H,24,29). The summed E-state index contributed by atoms with van der Waals surface area (Å²) in [5, 5.41) is 3.03. The molecule has 31 heavy (non-hydrogen) atoms. The topological polar surface area (TPSA) is 74.4 Å². The van der Waals surface area contributed by atoms with E-state index in [4.69, 9.17) is 9.47 Å². The first-order valence-electron chi connectivity index (χ1n) is 11.5. The normalized spacial score (nSPS) is 22.4. The zero-order valence-electron chi connectivity index (χ0n) is 18.5. The van der Waals surface area contributed by atoms with Crippen LogP contribution in [0.3, 0.4) is 0 Å². The Labute approximate surface area is 184 Å². The molecule has 0 atom stereocenters. The first kappa shape index (κ1) is 21.9. The molecular weight excluding hydrogens is 396 g/mol. The molecular formula is C23H34N4O4. The van der Waals surface area contributed by atoms with Gasteiger partial charge in [-0.15, -0.1) is 0 Å². The molecule has 1 aromatic carbocycles. The molecule has 0 radical (unpaired) electrons. The van der Waals surface area contributed by atoms with Gasteiger partial charge in [-0.3, -0.25) is 14.6 Å². The quantitative estimate of drug-likeness (QED) is 0.669.